The van der Waals surface area contributed by atoms with Crippen molar-refractivity contribution in [2.75, 3.05) is 19.0 Å². The van der Waals surface area contributed by atoms with Gasteiger partial charge in [0.25, 0.3) is 11.6 Å². The van der Waals surface area contributed by atoms with Gasteiger partial charge in [0.2, 0.25) is 0 Å². The molecule has 2 aromatic carbocycles. The summed E-state index contributed by atoms with van der Waals surface area (Å²) in [5.41, 5.74) is 1.95. The van der Waals surface area contributed by atoms with E-state index in [1.54, 1.807) is 24.3 Å². The second kappa shape index (κ2) is 7.41. The quantitative estimate of drug-likeness (QED) is 0.613. The van der Waals surface area contributed by atoms with Crippen LogP contribution in [0.4, 0.5) is 11.4 Å². The van der Waals surface area contributed by atoms with Crippen LogP contribution < -0.4 is 4.90 Å². The molecule has 1 amide bonds. The van der Waals surface area contributed by atoms with Crippen molar-refractivity contribution in [1.29, 1.82) is 0 Å². The molecule has 27 heavy (non-hydrogen) atoms. The van der Waals surface area contributed by atoms with Crippen molar-refractivity contribution in [3.8, 4) is 0 Å². The van der Waals surface area contributed by atoms with Crippen LogP contribution in [0.3, 0.4) is 0 Å². The van der Waals surface area contributed by atoms with Crippen molar-refractivity contribution in [2.24, 2.45) is 0 Å². The Labute approximate surface area is 156 Å². The van der Waals surface area contributed by atoms with Crippen molar-refractivity contribution in [1.82, 2.24) is 4.90 Å². The van der Waals surface area contributed by atoms with Crippen LogP contribution in [0.1, 0.15) is 33.6 Å². The summed E-state index contributed by atoms with van der Waals surface area (Å²) < 4.78 is 0. The second-order valence-electron chi connectivity index (χ2n) is 6.47. The smallest absolute Gasteiger partial charge is 0.269 e. The number of Topliss-reactive ketones (excluding diaryl/α,β-unsaturated/α-hetero) is 1. The lowest BCUT2D eigenvalue weighted by atomic mass is 10.1. The Kier molecular flexibility index (Phi) is 5.03. The minimum atomic E-state index is -0.508. The van der Waals surface area contributed by atoms with Crippen LogP contribution in [0.15, 0.2) is 60.4 Å². The van der Waals surface area contributed by atoms with Crippen LogP contribution in [0.25, 0.3) is 0 Å². The second-order valence-corrected chi connectivity index (χ2v) is 6.47. The highest BCUT2D eigenvalue weighted by molar-refractivity contribution is 6.13. The number of rotatable bonds is 3. The third-order valence-electron chi connectivity index (χ3n) is 4.28. The Morgan fingerprint density at radius 3 is 2.41 bits per heavy atom. The number of fused-ring (bicyclic) bond motifs is 1. The van der Waals surface area contributed by atoms with Gasteiger partial charge in [-0.05, 0) is 30.7 Å². The number of nitro benzene ring substituents is 1. The summed E-state index contributed by atoms with van der Waals surface area (Å²) in [7, 11) is 3.69. The zero-order valence-corrected chi connectivity index (χ0v) is 15.1. The number of carbonyl (C=O) groups is 2. The lowest BCUT2D eigenvalue weighted by Gasteiger charge is -2.26. The number of hydrogen-bond donors (Lipinski definition) is 0. The van der Waals surface area contributed by atoms with Crippen LogP contribution in [-0.4, -0.2) is 35.6 Å². The van der Waals surface area contributed by atoms with E-state index < -0.39 is 4.92 Å². The molecule has 138 valence electrons. The molecule has 7 heteroatoms. The third-order valence-corrected chi connectivity index (χ3v) is 4.28. The number of amides is 1. The SMILES string of the molecule is CN(C)/C=C1/CCC(=O)c2ccccc2N1C(=O)c1ccc([N+](=O)[O-])cc1. The summed E-state index contributed by atoms with van der Waals surface area (Å²) in [4.78, 5) is 39.5. The first-order valence-corrected chi connectivity index (χ1v) is 8.46. The number of para-hydroxylation sites is 1. The van der Waals surface area contributed by atoms with E-state index in [1.807, 2.05) is 25.2 Å². The maximum Gasteiger partial charge on any atom is 0.269 e. The molecule has 1 heterocycles. The molecule has 0 spiro atoms. The maximum absolute atomic E-state index is 13.3. The van der Waals surface area contributed by atoms with E-state index in [1.165, 1.54) is 29.2 Å². The van der Waals surface area contributed by atoms with E-state index in [-0.39, 0.29) is 17.4 Å². The van der Waals surface area contributed by atoms with Gasteiger partial charge >= 0.3 is 0 Å². The molecule has 0 unspecified atom stereocenters. The number of benzene rings is 2. The van der Waals surface area contributed by atoms with E-state index >= 15 is 0 Å². The van der Waals surface area contributed by atoms with E-state index in [9.17, 15) is 19.7 Å². The fraction of sp³-hybridized carbons (Fsp3) is 0.200. The Balaban J connectivity index is 2.11. The van der Waals surface area contributed by atoms with Gasteiger partial charge in [-0.25, -0.2) is 0 Å². The monoisotopic (exact) mass is 365 g/mol. The maximum atomic E-state index is 13.3. The predicted octanol–water partition coefficient (Wildman–Crippen LogP) is 3.62. The lowest BCUT2D eigenvalue weighted by molar-refractivity contribution is -0.384. The first-order valence-electron chi connectivity index (χ1n) is 8.46. The van der Waals surface area contributed by atoms with Crippen LogP contribution >= 0.6 is 0 Å². The van der Waals surface area contributed by atoms with Gasteiger partial charge in [-0.1, -0.05) is 12.1 Å². The zero-order chi connectivity index (χ0) is 19.6. The lowest BCUT2D eigenvalue weighted by Crippen LogP contribution is -2.31. The Hall–Kier alpha value is -3.48. The number of allylic oxidation sites excluding steroid dienone is 1. The molecular weight excluding hydrogens is 346 g/mol. The number of non-ortho nitro benzene ring substituents is 1. The molecular formula is C20H19N3O4. The molecule has 0 saturated heterocycles. The highest BCUT2D eigenvalue weighted by Crippen LogP contribution is 2.33. The molecule has 7 nitrogen and oxygen atoms in total. The Bertz CT molecular complexity index is 932. The van der Waals surface area contributed by atoms with Gasteiger partial charge in [0, 0.05) is 55.7 Å². The van der Waals surface area contributed by atoms with E-state index in [0.717, 1.165) is 0 Å². The number of carbonyl (C=O) groups excluding carboxylic acids is 2. The summed E-state index contributed by atoms with van der Waals surface area (Å²) in [6.07, 6.45) is 2.55. The summed E-state index contributed by atoms with van der Waals surface area (Å²) >= 11 is 0. The fourth-order valence-electron chi connectivity index (χ4n) is 3.06. The summed E-state index contributed by atoms with van der Waals surface area (Å²) in [6.45, 7) is 0. The van der Waals surface area contributed by atoms with Crippen LogP contribution in [-0.2, 0) is 0 Å². The molecule has 1 aliphatic heterocycles. The minimum Gasteiger partial charge on any atom is -0.382 e. The molecule has 0 aliphatic carbocycles. The van der Waals surface area contributed by atoms with Gasteiger partial charge in [-0.15, -0.1) is 0 Å². The fourth-order valence-corrected chi connectivity index (χ4v) is 3.06. The van der Waals surface area contributed by atoms with Gasteiger partial charge in [0.1, 0.15) is 0 Å². The molecule has 1 aliphatic rings. The largest absolute Gasteiger partial charge is 0.382 e. The first kappa shape index (κ1) is 18.3. The Morgan fingerprint density at radius 2 is 1.78 bits per heavy atom. The van der Waals surface area contributed by atoms with Crippen molar-refractivity contribution >= 4 is 23.1 Å². The summed E-state index contributed by atoms with van der Waals surface area (Å²) in [6, 6.07) is 12.5. The average Bonchev–Trinajstić information content (AvgIpc) is 2.78. The molecule has 0 atom stereocenters. The number of anilines is 1. The zero-order valence-electron chi connectivity index (χ0n) is 15.1. The molecule has 0 saturated carbocycles. The van der Waals surface area contributed by atoms with Gasteiger partial charge in [-0.3, -0.25) is 24.6 Å². The number of nitro groups is 1. The van der Waals surface area contributed by atoms with Crippen LogP contribution in [0.5, 0.6) is 0 Å². The molecule has 0 fully saturated rings. The van der Waals surface area contributed by atoms with Crippen molar-refractivity contribution in [3.05, 3.63) is 81.7 Å². The standard InChI is InChI=1S/C20H19N3O4/c1-21(2)13-16-11-12-19(24)17-5-3-4-6-18(17)22(16)20(25)14-7-9-15(10-8-14)23(26)27/h3-10,13H,11-12H2,1-2H3/b16-13-. The summed E-state index contributed by atoms with van der Waals surface area (Å²) in [5, 5.41) is 10.9. The number of nitrogens with zero attached hydrogens (tertiary/aromatic N) is 3. The van der Waals surface area contributed by atoms with E-state index in [0.29, 0.717) is 35.4 Å². The van der Waals surface area contributed by atoms with E-state index in [4.69, 9.17) is 0 Å². The normalized spacial score (nSPS) is 15.3. The van der Waals surface area contributed by atoms with Crippen LogP contribution in [0, 0.1) is 10.1 Å². The molecule has 0 bridgehead atoms. The topological polar surface area (TPSA) is 83.8 Å². The third kappa shape index (κ3) is 3.72. The number of ketones is 1. The number of hydrogen-bond acceptors (Lipinski definition) is 5. The molecule has 3 rings (SSSR count). The van der Waals surface area contributed by atoms with Gasteiger partial charge in [-0.2, -0.15) is 0 Å². The summed E-state index contributed by atoms with van der Waals surface area (Å²) in [5.74, 6) is -0.352. The van der Waals surface area contributed by atoms with Gasteiger partial charge in [0.05, 0.1) is 10.6 Å². The van der Waals surface area contributed by atoms with Crippen molar-refractivity contribution < 1.29 is 14.5 Å². The van der Waals surface area contributed by atoms with Gasteiger partial charge in [0.15, 0.2) is 5.78 Å². The minimum absolute atomic E-state index is 0.0192. The van der Waals surface area contributed by atoms with E-state index in [2.05, 4.69) is 0 Å². The molecule has 0 radical (unpaired) electrons. The average molecular weight is 365 g/mol. The van der Waals surface area contributed by atoms with Crippen molar-refractivity contribution in [3.63, 3.8) is 0 Å². The molecule has 2 aromatic rings. The van der Waals surface area contributed by atoms with Gasteiger partial charge < -0.3 is 4.90 Å². The highest BCUT2D eigenvalue weighted by atomic mass is 16.6. The van der Waals surface area contributed by atoms with Crippen LogP contribution in [0.2, 0.25) is 0 Å². The predicted molar refractivity (Wildman–Crippen MR) is 102 cm³/mol. The molecule has 0 aromatic heterocycles. The molecule has 0 N–H and O–H groups in total. The highest BCUT2D eigenvalue weighted by Gasteiger charge is 2.29. The Morgan fingerprint density at radius 1 is 1.11 bits per heavy atom. The first-order chi connectivity index (χ1) is 12.9. The van der Waals surface area contributed by atoms with Crippen molar-refractivity contribution in [2.45, 2.75) is 12.8 Å².